The fourth-order valence-corrected chi connectivity index (χ4v) is 2.36. The molecular formula is C16H18N2O4. The van der Waals surface area contributed by atoms with E-state index in [1.165, 1.54) is 6.07 Å². The molecule has 1 aromatic carbocycles. The minimum absolute atomic E-state index is 0.160. The summed E-state index contributed by atoms with van der Waals surface area (Å²) >= 11 is 0. The van der Waals surface area contributed by atoms with Crippen LogP contribution in [0, 0.1) is 0 Å². The Morgan fingerprint density at radius 3 is 2.86 bits per heavy atom. The molecule has 1 aliphatic heterocycles. The van der Waals surface area contributed by atoms with Crippen molar-refractivity contribution in [3.05, 3.63) is 40.3 Å². The van der Waals surface area contributed by atoms with Crippen LogP contribution >= 0.6 is 0 Å². The quantitative estimate of drug-likeness (QED) is 0.852. The van der Waals surface area contributed by atoms with Gasteiger partial charge >= 0.3 is 0 Å². The molecule has 0 aliphatic carbocycles. The number of nitrogens with one attached hydrogen (secondary N) is 1. The molecule has 116 valence electrons. The molecule has 1 N–H and O–H groups in total. The molecule has 6 heteroatoms. The van der Waals surface area contributed by atoms with Crippen LogP contribution in [0.25, 0.3) is 11.4 Å². The van der Waals surface area contributed by atoms with Gasteiger partial charge in [-0.3, -0.25) is 4.79 Å². The number of hydrogen-bond donors (Lipinski definition) is 1. The minimum atomic E-state index is -0.160. The Morgan fingerprint density at radius 1 is 1.23 bits per heavy atom. The molecule has 0 spiro atoms. The molecule has 0 bridgehead atoms. The number of aromatic nitrogens is 2. The lowest BCUT2D eigenvalue weighted by Gasteiger charge is -2.18. The summed E-state index contributed by atoms with van der Waals surface area (Å²) in [6.07, 6.45) is 1.53. The van der Waals surface area contributed by atoms with Gasteiger partial charge in [-0.15, -0.1) is 0 Å². The van der Waals surface area contributed by atoms with Gasteiger partial charge in [0.25, 0.3) is 5.56 Å². The summed E-state index contributed by atoms with van der Waals surface area (Å²) in [5.41, 5.74) is 1.40. The molecular weight excluding hydrogens is 284 g/mol. The van der Waals surface area contributed by atoms with Crippen molar-refractivity contribution in [2.24, 2.45) is 0 Å². The number of nitrogens with zero attached hydrogens (tertiary/aromatic N) is 1. The van der Waals surface area contributed by atoms with Gasteiger partial charge in [-0.25, -0.2) is 4.98 Å². The molecule has 0 atom stereocenters. The second-order valence-electron chi connectivity index (χ2n) is 5.04. The first-order valence-electron chi connectivity index (χ1n) is 7.25. The maximum absolute atomic E-state index is 11.8. The molecule has 3 rings (SSSR count). The summed E-state index contributed by atoms with van der Waals surface area (Å²) in [5.74, 6) is 1.93. The smallest absolute Gasteiger partial charge is 0.251 e. The van der Waals surface area contributed by atoms with E-state index in [1.807, 2.05) is 18.2 Å². The predicted molar refractivity (Wildman–Crippen MR) is 81.5 cm³/mol. The molecule has 0 unspecified atom stereocenters. The first-order chi connectivity index (χ1) is 10.8. The first-order valence-corrected chi connectivity index (χ1v) is 7.25. The molecule has 2 aromatic rings. The van der Waals surface area contributed by atoms with Crippen molar-refractivity contribution < 1.29 is 14.2 Å². The van der Waals surface area contributed by atoms with Crippen molar-refractivity contribution in [1.29, 1.82) is 0 Å². The molecule has 1 aliphatic rings. The van der Waals surface area contributed by atoms with Crippen molar-refractivity contribution in [3.8, 4) is 22.9 Å². The highest BCUT2D eigenvalue weighted by molar-refractivity contribution is 5.61. The number of aromatic amines is 1. The lowest BCUT2D eigenvalue weighted by molar-refractivity contribution is 0.171. The second-order valence-corrected chi connectivity index (χ2v) is 5.04. The van der Waals surface area contributed by atoms with Gasteiger partial charge in [0, 0.05) is 31.0 Å². The summed E-state index contributed by atoms with van der Waals surface area (Å²) in [7, 11) is 1.66. The van der Waals surface area contributed by atoms with E-state index in [2.05, 4.69) is 9.97 Å². The molecule has 6 nitrogen and oxygen atoms in total. The first kappa shape index (κ1) is 14.6. The molecule has 0 amide bonds. The van der Waals surface area contributed by atoms with Crippen LogP contribution in [0.2, 0.25) is 0 Å². The van der Waals surface area contributed by atoms with Gasteiger partial charge in [-0.05, 0) is 31.0 Å². The molecule has 22 heavy (non-hydrogen) atoms. The highest BCUT2D eigenvalue weighted by Crippen LogP contribution is 2.33. The van der Waals surface area contributed by atoms with E-state index in [0.717, 1.165) is 17.7 Å². The zero-order valence-electron chi connectivity index (χ0n) is 12.4. The summed E-state index contributed by atoms with van der Waals surface area (Å²) < 4.78 is 16.1. The Labute approximate surface area is 128 Å². The number of ether oxygens (including phenoxy) is 3. The van der Waals surface area contributed by atoms with Gasteiger partial charge in [0.1, 0.15) is 19.0 Å². The fraction of sp³-hybridized carbons (Fsp3) is 0.375. The largest absolute Gasteiger partial charge is 0.486 e. The van der Waals surface area contributed by atoms with Gasteiger partial charge in [-0.2, -0.15) is 0 Å². The van der Waals surface area contributed by atoms with Gasteiger partial charge in [0.05, 0.1) is 0 Å². The van der Waals surface area contributed by atoms with Crippen LogP contribution in [-0.4, -0.2) is 36.9 Å². The van der Waals surface area contributed by atoms with Crippen LogP contribution in [-0.2, 0) is 11.2 Å². The maximum atomic E-state index is 11.8. The Hall–Kier alpha value is -2.34. The number of rotatable bonds is 5. The van der Waals surface area contributed by atoms with E-state index in [0.29, 0.717) is 43.6 Å². The van der Waals surface area contributed by atoms with E-state index in [1.54, 1.807) is 7.11 Å². The second kappa shape index (κ2) is 6.62. The van der Waals surface area contributed by atoms with E-state index < -0.39 is 0 Å². The van der Waals surface area contributed by atoms with Gasteiger partial charge in [-0.1, -0.05) is 0 Å². The average molecular weight is 302 g/mol. The van der Waals surface area contributed by atoms with E-state index >= 15 is 0 Å². The van der Waals surface area contributed by atoms with Crippen molar-refractivity contribution in [1.82, 2.24) is 9.97 Å². The van der Waals surface area contributed by atoms with Crippen molar-refractivity contribution in [2.75, 3.05) is 26.9 Å². The van der Waals surface area contributed by atoms with Crippen LogP contribution < -0.4 is 15.0 Å². The Balaban J connectivity index is 1.89. The average Bonchev–Trinajstić information content (AvgIpc) is 2.54. The number of H-pyrrole nitrogens is 1. The SMILES string of the molecule is COCCCc1cc(=O)[nH]c(-c2ccc3c(c2)OCCO3)n1. The number of fused-ring (bicyclic) bond motifs is 1. The topological polar surface area (TPSA) is 73.4 Å². The number of benzene rings is 1. The van der Waals surface area contributed by atoms with E-state index in [-0.39, 0.29) is 5.56 Å². The maximum Gasteiger partial charge on any atom is 0.251 e. The third-order valence-electron chi connectivity index (χ3n) is 3.39. The molecule has 0 saturated carbocycles. The lowest BCUT2D eigenvalue weighted by Crippen LogP contribution is -2.15. The summed E-state index contributed by atoms with van der Waals surface area (Å²) in [6, 6.07) is 7.06. The molecule has 2 heterocycles. The van der Waals surface area contributed by atoms with Crippen molar-refractivity contribution in [3.63, 3.8) is 0 Å². The molecule has 1 aromatic heterocycles. The molecule has 0 fully saturated rings. The standard InChI is InChI=1S/C16H18N2O4/c1-20-6-2-3-12-10-15(19)18-16(17-12)11-4-5-13-14(9-11)22-8-7-21-13/h4-5,9-10H,2-3,6-8H2,1H3,(H,17,18,19). The monoisotopic (exact) mass is 302 g/mol. The molecule has 0 saturated heterocycles. The van der Waals surface area contributed by atoms with Crippen LogP contribution in [0.1, 0.15) is 12.1 Å². The third-order valence-corrected chi connectivity index (χ3v) is 3.39. The number of hydrogen-bond acceptors (Lipinski definition) is 5. The van der Waals surface area contributed by atoms with Crippen LogP contribution in [0.4, 0.5) is 0 Å². The minimum Gasteiger partial charge on any atom is -0.486 e. The number of methoxy groups -OCH3 is 1. The summed E-state index contributed by atoms with van der Waals surface area (Å²) in [6.45, 7) is 1.72. The summed E-state index contributed by atoms with van der Waals surface area (Å²) in [5, 5.41) is 0. The van der Waals surface area contributed by atoms with Gasteiger partial charge in [0.15, 0.2) is 11.5 Å². The van der Waals surface area contributed by atoms with Crippen LogP contribution in [0.5, 0.6) is 11.5 Å². The number of aryl methyl sites for hydroxylation is 1. The summed E-state index contributed by atoms with van der Waals surface area (Å²) in [4.78, 5) is 19.1. The zero-order valence-corrected chi connectivity index (χ0v) is 12.4. The Morgan fingerprint density at radius 2 is 2.05 bits per heavy atom. The highest BCUT2D eigenvalue weighted by atomic mass is 16.6. The zero-order chi connectivity index (χ0) is 15.4. The Kier molecular flexibility index (Phi) is 4.39. The van der Waals surface area contributed by atoms with E-state index in [9.17, 15) is 4.79 Å². The van der Waals surface area contributed by atoms with Crippen molar-refractivity contribution in [2.45, 2.75) is 12.8 Å². The predicted octanol–water partition coefficient (Wildman–Crippen LogP) is 1.79. The van der Waals surface area contributed by atoms with E-state index in [4.69, 9.17) is 14.2 Å². The molecule has 0 radical (unpaired) electrons. The Bertz CT molecular complexity index is 712. The lowest BCUT2D eigenvalue weighted by atomic mass is 10.1. The van der Waals surface area contributed by atoms with Gasteiger partial charge in [0.2, 0.25) is 0 Å². The van der Waals surface area contributed by atoms with Crippen LogP contribution in [0.15, 0.2) is 29.1 Å². The fourth-order valence-electron chi connectivity index (χ4n) is 2.36. The van der Waals surface area contributed by atoms with Gasteiger partial charge < -0.3 is 19.2 Å². The van der Waals surface area contributed by atoms with Crippen molar-refractivity contribution >= 4 is 0 Å². The third kappa shape index (κ3) is 3.28. The highest BCUT2D eigenvalue weighted by Gasteiger charge is 2.13. The van der Waals surface area contributed by atoms with Crippen LogP contribution in [0.3, 0.4) is 0 Å². The normalized spacial score (nSPS) is 13.1.